The number of halogens is 4. The molecule has 0 saturated carbocycles. The molecule has 0 bridgehead atoms. The number of carboxylic acids is 1. The lowest BCUT2D eigenvalue weighted by molar-refractivity contribution is 0.0699. The van der Waals surface area contributed by atoms with Crippen molar-refractivity contribution in [3.63, 3.8) is 0 Å². The number of carboxylic acid groups (broad SMARTS) is 1. The van der Waals surface area contributed by atoms with Gasteiger partial charge in [-0.05, 0) is 48.9 Å². The van der Waals surface area contributed by atoms with Gasteiger partial charge in [-0.25, -0.2) is 23.5 Å². The Bertz CT molecular complexity index is 1620. The van der Waals surface area contributed by atoms with Gasteiger partial charge in [0.05, 0.1) is 22.2 Å². The van der Waals surface area contributed by atoms with Crippen molar-refractivity contribution in [3.8, 4) is 16.8 Å². The van der Waals surface area contributed by atoms with E-state index in [2.05, 4.69) is 15.0 Å². The SMILES string of the molecule is Cc1nc2c(C(=O)O)cc(-c3ccnc(F)c3Cl)cc2n1-c1ccnc2c(F)ccc(F)c12. The number of aromatic carboxylic acids is 1. The van der Waals surface area contributed by atoms with Gasteiger partial charge in [0.1, 0.15) is 33.5 Å². The third-order valence-corrected chi connectivity index (χ3v) is 5.69. The highest BCUT2D eigenvalue weighted by molar-refractivity contribution is 6.33. The minimum absolute atomic E-state index is 0.0878. The van der Waals surface area contributed by atoms with Crippen molar-refractivity contribution < 1.29 is 23.1 Å². The van der Waals surface area contributed by atoms with Crippen LogP contribution in [-0.2, 0) is 0 Å². The molecule has 33 heavy (non-hydrogen) atoms. The number of aryl methyl sites for hydroxylation is 1. The van der Waals surface area contributed by atoms with E-state index in [0.717, 1.165) is 12.1 Å². The maximum atomic E-state index is 14.8. The Morgan fingerprint density at radius 2 is 1.73 bits per heavy atom. The van der Waals surface area contributed by atoms with Crippen LogP contribution in [0.2, 0.25) is 5.02 Å². The van der Waals surface area contributed by atoms with Gasteiger partial charge >= 0.3 is 5.97 Å². The van der Waals surface area contributed by atoms with Crippen LogP contribution in [0.1, 0.15) is 16.2 Å². The van der Waals surface area contributed by atoms with Crippen molar-refractivity contribution >= 4 is 39.5 Å². The highest BCUT2D eigenvalue weighted by atomic mass is 35.5. The molecule has 0 spiro atoms. The Morgan fingerprint density at radius 1 is 1.00 bits per heavy atom. The van der Waals surface area contributed by atoms with E-state index in [0.29, 0.717) is 5.82 Å². The van der Waals surface area contributed by atoms with E-state index in [-0.39, 0.29) is 49.3 Å². The average molecular weight is 469 g/mol. The molecule has 0 atom stereocenters. The Morgan fingerprint density at radius 3 is 2.48 bits per heavy atom. The third-order valence-electron chi connectivity index (χ3n) is 5.33. The van der Waals surface area contributed by atoms with Gasteiger partial charge in [-0.1, -0.05) is 11.6 Å². The first-order chi connectivity index (χ1) is 15.8. The largest absolute Gasteiger partial charge is 0.478 e. The number of fused-ring (bicyclic) bond motifs is 2. The molecule has 0 fully saturated rings. The zero-order valence-corrected chi connectivity index (χ0v) is 17.5. The summed E-state index contributed by atoms with van der Waals surface area (Å²) < 4.78 is 44.6. The molecule has 2 aromatic carbocycles. The van der Waals surface area contributed by atoms with Crippen LogP contribution in [0.15, 0.2) is 48.8 Å². The molecule has 5 rings (SSSR count). The van der Waals surface area contributed by atoms with Crippen LogP contribution in [0.4, 0.5) is 13.2 Å². The summed E-state index contributed by atoms with van der Waals surface area (Å²) in [4.78, 5) is 23.8. The van der Waals surface area contributed by atoms with E-state index >= 15 is 0 Å². The Labute approximate surface area is 188 Å². The van der Waals surface area contributed by atoms with Crippen molar-refractivity contribution in [1.29, 1.82) is 0 Å². The van der Waals surface area contributed by atoms with Crippen LogP contribution in [0.3, 0.4) is 0 Å². The van der Waals surface area contributed by atoms with Crippen molar-refractivity contribution in [2.24, 2.45) is 0 Å². The molecular weight excluding hydrogens is 457 g/mol. The van der Waals surface area contributed by atoms with Gasteiger partial charge in [0.15, 0.2) is 0 Å². The van der Waals surface area contributed by atoms with Crippen molar-refractivity contribution in [2.75, 3.05) is 0 Å². The molecule has 0 unspecified atom stereocenters. The zero-order chi connectivity index (χ0) is 23.4. The molecule has 3 aromatic heterocycles. The fourth-order valence-corrected chi connectivity index (χ4v) is 4.14. The monoisotopic (exact) mass is 468 g/mol. The highest BCUT2D eigenvalue weighted by Crippen LogP contribution is 2.36. The van der Waals surface area contributed by atoms with Crippen LogP contribution < -0.4 is 0 Å². The number of pyridine rings is 2. The standard InChI is InChI=1S/C23H12ClF3N4O2/c1-10-30-20-13(23(32)33)8-11(12-4-6-29-22(27)19(12)24)9-17(20)31(10)16-5-7-28-21-15(26)3-2-14(25)18(16)21/h2-9H,1H3,(H,32,33). The van der Waals surface area contributed by atoms with Crippen molar-refractivity contribution in [3.05, 3.63) is 82.8 Å². The second kappa shape index (κ2) is 7.56. The van der Waals surface area contributed by atoms with Gasteiger partial charge in [0.25, 0.3) is 0 Å². The van der Waals surface area contributed by atoms with E-state index in [1.165, 1.54) is 35.2 Å². The summed E-state index contributed by atoms with van der Waals surface area (Å²) in [5.74, 6) is -3.26. The number of hydrogen-bond acceptors (Lipinski definition) is 4. The quantitative estimate of drug-likeness (QED) is 0.343. The molecule has 3 heterocycles. The second-order valence-electron chi connectivity index (χ2n) is 7.24. The Hall–Kier alpha value is -3.98. The lowest BCUT2D eigenvalue weighted by Gasteiger charge is -2.13. The van der Waals surface area contributed by atoms with Crippen LogP contribution in [0.25, 0.3) is 38.8 Å². The number of carbonyl (C=O) groups is 1. The summed E-state index contributed by atoms with van der Waals surface area (Å²) in [5.41, 5.74) is 0.791. The maximum Gasteiger partial charge on any atom is 0.337 e. The third kappa shape index (κ3) is 3.20. The first kappa shape index (κ1) is 20.9. The number of nitrogens with zero attached hydrogens (tertiary/aromatic N) is 4. The lowest BCUT2D eigenvalue weighted by atomic mass is 10.0. The Kier molecular flexibility index (Phi) is 4.79. The van der Waals surface area contributed by atoms with E-state index in [4.69, 9.17) is 11.6 Å². The molecule has 0 aliphatic heterocycles. The highest BCUT2D eigenvalue weighted by Gasteiger charge is 2.22. The molecular formula is C23H12ClF3N4O2. The fourth-order valence-electron chi connectivity index (χ4n) is 3.92. The number of aromatic nitrogens is 4. The molecule has 10 heteroatoms. The summed E-state index contributed by atoms with van der Waals surface area (Å²) in [6.07, 6.45) is 2.53. The van der Waals surface area contributed by atoms with Gasteiger partial charge in [-0.2, -0.15) is 4.39 Å². The van der Waals surface area contributed by atoms with E-state index in [1.54, 1.807) is 13.0 Å². The van der Waals surface area contributed by atoms with E-state index in [9.17, 15) is 23.1 Å². The number of hydrogen-bond donors (Lipinski definition) is 1. The Balaban J connectivity index is 1.92. The van der Waals surface area contributed by atoms with Crippen molar-refractivity contribution in [1.82, 2.24) is 19.5 Å². The normalized spacial score (nSPS) is 11.4. The van der Waals surface area contributed by atoms with Crippen LogP contribution in [0.5, 0.6) is 0 Å². The predicted molar refractivity (Wildman–Crippen MR) is 116 cm³/mol. The van der Waals surface area contributed by atoms with E-state index < -0.39 is 23.6 Å². The minimum atomic E-state index is -1.27. The molecule has 0 saturated heterocycles. The van der Waals surface area contributed by atoms with Crippen LogP contribution in [-0.4, -0.2) is 30.6 Å². The van der Waals surface area contributed by atoms with Crippen LogP contribution >= 0.6 is 11.6 Å². The molecule has 0 aliphatic carbocycles. The van der Waals surface area contributed by atoms with E-state index in [1.807, 2.05) is 0 Å². The maximum absolute atomic E-state index is 14.8. The van der Waals surface area contributed by atoms with Crippen LogP contribution in [0, 0.1) is 24.5 Å². The topological polar surface area (TPSA) is 80.9 Å². The number of benzene rings is 2. The van der Waals surface area contributed by atoms with Gasteiger partial charge in [-0.3, -0.25) is 9.55 Å². The molecule has 6 nitrogen and oxygen atoms in total. The lowest BCUT2D eigenvalue weighted by Crippen LogP contribution is -2.02. The average Bonchev–Trinajstić information content (AvgIpc) is 3.12. The first-order valence-corrected chi connectivity index (χ1v) is 9.95. The summed E-state index contributed by atoms with van der Waals surface area (Å²) in [5, 5.41) is 9.45. The number of rotatable bonds is 3. The smallest absolute Gasteiger partial charge is 0.337 e. The molecule has 0 radical (unpaired) electrons. The van der Waals surface area contributed by atoms with Gasteiger partial charge in [0.2, 0.25) is 5.95 Å². The molecule has 0 aliphatic rings. The minimum Gasteiger partial charge on any atom is -0.478 e. The fraction of sp³-hybridized carbons (Fsp3) is 0.0435. The van der Waals surface area contributed by atoms with Gasteiger partial charge in [0, 0.05) is 18.0 Å². The zero-order valence-electron chi connectivity index (χ0n) is 16.8. The molecule has 1 N–H and O–H groups in total. The van der Waals surface area contributed by atoms with Gasteiger partial charge in [-0.15, -0.1) is 0 Å². The predicted octanol–water partition coefficient (Wildman–Crippen LogP) is 5.71. The summed E-state index contributed by atoms with van der Waals surface area (Å²) in [6, 6.07) is 7.78. The summed E-state index contributed by atoms with van der Waals surface area (Å²) >= 11 is 6.08. The molecule has 164 valence electrons. The van der Waals surface area contributed by atoms with Crippen molar-refractivity contribution in [2.45, 2.75) is 6.92 Å². The molecule has 0 amide bonds. The van der Waals surface area contributed by atoms with Gasteiger partial charge < -0.3 is 5.11 Å². The summed E-state index contributed by atoms with van der Waals surface area (Å²) in [6.45, 7) is 1.61. The molecule has 5 aromatic rings. The first-order valence-electron chi connectivity index (χ1n) is 9.57. The second-order valence-corrected chi connectivity index (χ2v) is 7.62. The summed E-state index contributed by atoms with van der Waals surface area (Å²) in [7, 11) is 0. The number of imidazole rings is 1.